The quantitative estimate of drug-likeness (QED) is 0.825. The Kier molecular flexibility index (Phi) is 3.71. The predicted octanol–water partition coefficient (Wildman–Crippen LogP) is 0.417. The number of carbonyl (C=O) groups excluding carboxylic acids is 2. The molecule has 1 fully saturated rings. The minimum atomic E-state index is -1.80. The van der Waals surface area contributed by atoms with Crippen molar-refractivity contribution in [2.24, 2.45) is 5.73 Å². The molecule has 0 bridgehead atoms. The van der Waals surface area contributed by atoms with E-state index in [-0.39, 0.29) is 25.1 Å². The first-order valence-corrected chi connectivity index (χ1v) is 6.10. The first-order valence-electron chi connectivity index (χ1n) is 6.10. The van der Waals surface area contributed by atoms with Gasteiger partial charge in [0, 0.05) is 12.6 Å². The molecule has 0 radical (unpaired) electrons. The van der Waals surface area contributed by atoms with Gasteiger partial charge in [-0.2, -0.15) is 0 Å². The van der Waals surface area contributed by atoms with Gasteiger partial charge in [0.25, 0.3) is 11.8 Å². The zero-order valence-corrected chi connectivity index (χ0v) is 10.6. The van der Waals surface area contributed by atoms with Gasteiger partial charge in [0.1, 0.15) is 11.6 Å². The fraction of sp³-hybridized carbons (Fsp3) is 0.385. The molecule has 1 saturated heterocycles. The topological polar surface area (TPSA) is 83.6 Å². The third-order valence-electron chi connectivity index (χ3n) is 3.38. The number of primary amides is 1. The molecule has 1 atom stereocenters. The number of aliphatic hydroxyl groups is 1. The smallest absolute Gasteiger partial charge is 0.256 e. The van der Waals surface area contributed by atoms with Crippen LogP contribution in [0.3, 0.4) is 0 Å². The normalized spacial score (nSPS) is 22.6. The summed E-state index contributed by atoms with van der Waals surface area (Å²) >= 11 is 0. The number of piperidine rings is 1. The first-order chi connectivity index (χ1) is 9.33. The molecule has 1 aromatic carbocycles. The van der Waals surface area contributed by atoms with E-state index in [0.717, 1.165) is 17.0 Å². The number of hydrogen-bond donors (Lipinski definition) is 2. The second-order valence-corrected chi connectivity index (χ2v) is 4.85. The van der Waals surface area contributed by atoms with Gasteiger partial charge in [-0.15, -0.1) is 0 Å². The Morgan fingerprint density at radius 2 is 2.05 bits per heavy atom. The Bertz CT molecular complexity index is 565. The van der Waals surface area contributed by atoms with E-state index in [1.165, 1.54) is 0 Å². The summed E-state index contributed by atoms with van der Waals surface area (Å²) in [4.78, 5) is 24.5. The molecule has 0 spiro atoms. The van der Waals surface area contributed by atoms with Crippen LogP contribution in [-0.2, 0) is 4.79 Å². The lowest BCUT2D eigenvalue weighted by Crippen LogP contribution is -2.57. The summed E-state index contributed by atoms with van der Waals surface area (Å²) in [6, 6.07) is 2.61. The van der Waals surface area contributed by atoms with E-state index in [1.54, 1.807) is 0 Å². The maximum atomic E-state index is 13.6. The number of rotatable bonds is 2. The second kappa shape index (κ2) is 5.16. The molecule has 3 N–H and O–H groups in total. The number of likely N-dealkylation sites (tertiary alicyclic amines) is 1. The lowest BCUT2D eigenvalue weighted by molar-refractivity contribution is -0.140. The molecule has 0 aliphatic carbocycles. The molecule has 5 nitrogen and oxygen atoms in total. The summed E-state index contributed by atoms with van der Waals surface area (Å²) < 4.78 is 26.4. The van der Waals surface area contributed by atoms with Gasteiger partial charge in [-0.25, -0.2) is 8.78 Å². The van der Waals surface area contributed by atoms with Gasteiger partial charge in [0.2, 0.25) is 0 Å². The van der Waals surface area contributed by atoms with E-state index in [1.807, 2.05) is 0 Å². The average Bonchev–Trinajstić information content (AvgIpc) is 2.38. The molecule has 2 amide bonds. The van der Waals surface area contributed by atoms with Gasteiger partial charge in [-0.3, -0.25) is 9.59 Å². The van der Waals surface area contributed by atoms with Gasteiger partial charge < -0.3 is 15.7 Å². The van der Waals surface area contributed by atoms with Crippen molar-refractivity contribution < 1.29 is 23.5 Å². The van der Waals surface area contributed by atoms with Gasteiger partial charge >= 0.3 is 0 Å². The Morgan fingerprint density at radius 1 is 1.35 bits per heavy atom. The summed E-state index contributed by atoms with van der Waals surface area (Å²) in [5.74, 6) is -3.40. The highest BCUT2D eigenvalue weighted by Gasteiger charge is 2.40. The highest BCUT2D eigenvalue weighted by molar-refractivity contribution is 5.95. The van der Waals surface area contributed by atoms with Crippen molar-refractivity contribution in [2.75, 3.05) is 13.1 Å². The Morgan fingerprint density at radius 3 is 2.65 bits per heavy atom. The summed E-state index contributed by atoms with van der Waals surface area (Å²) in [6.45, 7) is -0.0246. The van der Waals surface area contributed by atoms with Crippen molar-refractivity contribution in [1.29, 1.82) is 0 Å². The molecule has 108 valence electrons. The standard InChI is InChI=1S/C13H14F2N2O3/c14-8-2-3-9(10(15)6-8)11(18)17-5-1-4-13(20,7-17)12(16)19/h2-3,6,20H,1,4-5,7H2,(H2,16,19)/t13-/m0/s1. The molecule has 1 heterocycles. The van der Waals surface area contributed by atoms with E-state index < -0.39 is 29.0 Å². The predicted molar refractivity (Wildman–Crippen MR) is 65.6 cm³/mol. The summed E-state index contributed by atoms with van der Waals surface area (Å²) in [7, 11) is 0. The van der Waals surface area contributed by atoms with Crippen molar-refractivity contribution in [3.8, 4) is 0 Å². The fourth-order valence-electron chi connectivity index (χ4n) is 2.24. The fourth-order valence-corrected chi connectivity index (χ4v) is 2.24. The Hall–Kier alpha value is -2.02. The van der Waals surface area contributed by atoms with Crippen LogP contribution in [0.15, 0.2) is 18.2 Å². The van der Waals surface area contributed by atoms with E-state index in [9.17, 15) is 23.5 Å². The van der Waals surface area contributed by atoms with Crippen molar-refractivity contribution in [2.45, 2.75) is 18.4 Å². The molecule has 1 aliphatic heterocycles. The summed E-state index contributed by atoms with van der Waals surface area (Å²) in [5.41, 5.74) is 3.00. The molecular weight excluding hydrogens is 270 g/mol. The largest absolute Gasteiger partial charge is 0.378 e. The molecule has 20 heavy (non-hydrogen) atoms. The zero-order chi connectivity index (χ0) is 14.9. The van der Waals surface area contributed by atoms with Crippen LogP contribution in [0.5, 0.6) is 0 Å². The van der Waals surface area contributed by atoms with Crippen LogP contribution in [0, 0.1) is 11.6 Å². The number of β-amino-alcohol motifs (C(OH)–C–C–N with tert-alkyl or cyclic N) is 1. The summed E-state index contributed by atoms with van der Waals surface area (Å²) in [5, 5.41) is 10.0. The van der Waals surface area contributed by atoms with E-state index in [2.05, 4.69) is 0 Å². The van der Waals surface area contributed by atoms with Crippen molar-refractivity contribution in [3.63, 3.8) is 0 Å². The van der Waals surface area contributed by atoms with Crippen molar-refractivity contribution in [3.05, 3.63) is 35.4 Å². The van der Waals surface area contributed by atoms with Gasteiger partial charge in [0.15, 0.2) is 5.60 Å². The lowest BCUT2D eigenvalue weighted by Gasteiger charge is -2.37. The van der Waals surface area contributed by atoms with Crippen LogP contribution < -0.4 is 5.73 Å². The maximum Gasteiger partial charge on any atom is 0.256 e. The van der Waals surface area contributed by atoms with Gasteiger partial charge in [0.05, 0.1) is 12.1 Å². The van der Waals surface area contributed by atoms with Crippen LogP contribution in [0.4, 0.5) is 8.78 Å². The van der Waals surface area contributed by atoms with E-state index in [0.29, 0.717) is 12.5 Å². The van der Waals surface area contributed by atoms with Gasteiger partial charge in [-0.05, 0) is 25.0 Å². The highest BCUT2D eigenvalue weighted by atomic mass is 19.1. The number of benzene rings is 1. The second-order valence-electron chi connectivity index (χ2n) is 4.85. The van der Waals surface area contributed by atoms with Crippen LogP contribution in [-0.4, -0.2) is 40.5 Å². The van der Waals surface area contributed by atoms with Crippen molar-refractivity contribution in [1.82, 2.24) is 4.90 Å². The van der Waals surface area contributed by atoms with Gasteiger partial charge in [-0.1, -0.05) is 0 Å². The molecule has 0 aromatic heterocycles. The molecule has 0 saturated carbocycles. The van der Waals surface area contributed by atoms with Crippen LogP contribution in [0.25, 0.3) is 0 Å². The molecular formula is C13H14F2N2O3. The average molecular weight is 284 g/mol. The molecule has 2 rings (SSSR count). The SMILES string of the molecule is NC(=O)[C@]1(O)CCCN(C(=O)c2ccc(F)cc2F)C1. The lowest BCUT2D eigenvalue weighted by atomic mass is 9.92. The Labute approximate surface area is 114 Å². The number of carbonyl (C=O) groups is 2. The third kappa shape index (κ3) is 2.62. The van der Waals surface area contributed by atoms with Crippen LogP contribution in [0.1, 0.15) is 23.2 Å². The molecule has 1 aromatic rings. The minimum absolute atomic E-state index is 0.151. The Balaban J connectivity index is 2.23. The monoisotopic (exact) mass is 284 g/mol. The van der Waals surface area contributed by atoms with Crippen molar-refractivity contribution >= 4 is 11.8 Å². The van der Waals surface area contributed by atoms with Crippen LogP contribution in [0.2, 0.25) is 0 Å². The van der Waals surface area contributed by atoms with E-state index in [4.69, 9.17) is 5.73 Å². The molecule has 1 aliphatic rings. The highest BCUT2D eigenvalue weighted by Crippen LogP contribution is 2.23. The number of amides is 2. The van der Waals surface area contributed by atoms with E-state index >= 15 is 0 Å². The molecule has 0 unspecified atom stereocenters. The first kappa shape index (κ1) is 14.4. The third-order valence-corrected chi connectivity index (χ3v) is 3.38. The number of nitrogens with two attached hydrogens (primary N) is 1. The number of hydrogen-bond acceptors (Lipinski definition) is 3. The maximum absolute atomic E-state index is 13.6. The number of nitrogens with zero attached hydrogens (tertiary/aromatic N) is 1. The zero-order valence-electron chi connectivity index (χ0n) is 10.6. The molecule has 7 heteroatoms. The summed E-state index contributed by atoms with van der Waals surface area (Å²) in [6.07, 6.45) is 0.520. The van der Waals surface area contributed by atoms with Crippen LogP contribution >= 0.6 is 0 Å². The minimum Gasteiger partial charge on any atom is -0.378 e. The number of halogens is 2.